The van der Waals surface area contributed by atoms with E-state index in [9.17, 15) is 0 Å². The highest BCUT2D eigenvalue weighted by molar-refractivity contribution is 5.53. The monoisotopic (exact) mass is 283 g/mol. The summed E-state index contributed by atoms with van der Waals surface area (Å²) in [6.07, 6.45) is 8.16. The first-order chi connectivity index (χ1) is 9.76. The number of likely N-dealkylation sites (N-methyl/N-ethyl adjacent to an activating group) is 1. The Bertz CT molecular complexity index is 542. The maximum Gasteiger partial charge on any atom is 0.0596 e. The number of nitrogens with zero attached hydrogens (tertiary/aromatic N) is 1. The summed E-state index contributed by atoms with van der Waals surface area (Å²) in [5, 5.41) is 0. The van der Waals surface area contributed by atoms with Crippen molar-refractivity contribution in [2.45, 2.75) is 53.5 Å². The highest BCUT2D eigenvalue weighted by Crippen LogP contribution is 2.37. The van der Waals surface area contributed by atoms with E-state index >= 15 is 0 Å². The van der Waals surface area contributed by atoms with Crippen LogP contribution in [0.15, 0.2) is 48.1 Å². The van der Waals surface area contributed by atoms with Crippen LogP contribution >= 0.6 is 0 Å². The molecule has 1 heteroatoms. The Morgan fingerprint density at radius 2 is 1.76 bits per heavy atom. The van der Waals surface area contributed by atoms with Crippen LogP contribution in [0.2, 0.25) is 0 Å². The van der Waals surface area contributed by atoms with Crippen molar-refractivity contribution in [2.24, 2.45) is 5.41 Å². The number of hydrogen-bond acceptors (Lipinski definition) is 1. The molecule has 0 N–H and O–H groups in total. The highest BCUT2D eigenvalue weighted by atomic mass is 15.2. The number of allylic oxidation sites excluding steroid dienone is 2. The van der Waals surface area contributed by atoms with E-state index < -0.39 is 0 Å². The van der Waals surface area contributed by atoms with Gasteiger partial charge in [0.1, 0.15) is 0 Å². The van der Waals surface area contributed by atoms with Crippen molar-refractivity contribution in [3.8, 4) is 0 Å². The number of anilines is 1. The normalized spacial score (nSPS) is 22.1. The Morgan fingerprint density at radius 3 is 2.29 bits per heavy atom. The molecule has 0 amide bonds. The van der Waals surface area contributed by atoms with E-state index in [1.54, 1.807) is 0 Å². The van der Waals surface area contributed by atoms with E-state index in [4.69, 9.17) is 0 Å². The molecule has 0 spiro atoms. The molecule has 21 heavy (non-hydrogen) atoms. The van der Waals surface area contributed by atoms with Gasteiger partial charge in [0.05, 0.1) is 5.54 Å². The van der Waals surface area contributed by atoms with Crippen molar-refractivity contribution >= 4 is 5.69 Å². The van der Waals surface area contributed by atoms with Gasteiger partial charge in [0, 0.05) is 12.2 Å². The fourth-order valence-electron chi connectivity index (χ4n) is 3.08. The second kappa shape index (κ2) is 5.71. The van der Waals surface area contributed by atoms with Gasteiger partial charge in [-0.2, -0.15) is 0 Å². The van der Waals surface area contributed by atoms with Crippen LogP contribution in [0, 0.1) is 12.3 Å². The second-order valence-electron chi connectivity index (χ2n) is 7.39. The molecule has 0 radical (unpaired) electrons. The Hall–Kier alpha value is -1.50. The molecule has 1 nitrogen and oxygen atoms in total. The first-order valence-corrected chi connectivity index (χ1v) is 8.00. The molecule has 1 unspecified atom stereocenters. The van der Waals surface area contributed by atoms with Gasteiger partial charge in [0.2, 0.25) is 0 Å². The molecule has 0 saturated heterocycles. The molecule has 1 aromatic rings. The van der Waals surface area contributed by atoms with E-state index in [1.807, 2.05) is 0 Å². The van der Waals surface area contributed by atoms with E-state index in [2.05, 4.69) is 88.9 Å². The molecule has 0 saturated carbocycles. The zero-order valence-corrected chi connectivity index (χ0v) is 14.4. The third kappa shape index (κ3) is 3.40. The van der Waals surface area contributed by atoms with Gasteiger partial charge in [-0.15, -0.1) is 0 Å². The van der Waals surface area contributed by atoms with E-state index in [0.717, 1.165) is 13.0 Å². The van der Waals surface area contributed by atoms with Crippen LogP contribution in [-0.2, 0) is 0 Å². The largest absolute Gasteiger partial charge is 0.363 e. The maximum atomic E-state index is 2.52. The minimum Gasteiger partial charge on any atom is -0.363 e. The van der Waals surface area contributed by atoms with Gasteiger partial charge in [-0.3, -0.25) is 0 Å². The van der Waals surface area contributed by atoms with E-state index in [0.29, 0.717) is 0 Å². The topological polar surface area (TPSA) is 3.24 Å². The third-order valence-electron chi connectivity index (χ3n) is 4.44. The Kier molecular flexibility index (Phi) is 4.32. The molecule has 0 fully saturated rings. The minimum absolute atomic E-state index is 0.0569. The van der Waals surface area contributed by atoms with Crippen molar-refractivity contribution in [3.05, 3.63) is 53.6 Å². The van der Waals surface area contributed by atoms with Crippen LogP contribution in [0.25, 0.3) is 0 Å². The molecule has 0 aliphatic heterocycles. The first-order valence-electron chi connectivity index (χ1n) is 8.00. The van der Waals surface area contributed by atoms with Gasteiger partial charge in [-0.25, -0.2) is 0 Å². The summed E-state index contributed by atoms with van der Waals surface area (Å²) in [4.78, 5) is 2.52. The molecular formula is C20H29N. The highest BCUT2D eigenvalue weighted by Gasteiger charge is 2.32. The molecular weight excluding hydrogens is 254 g/mol. The summed E-state index contributed by atoms with van der Waals surface area (Å²) in [6, 6.07) is 8.89. The molecule has 114 valence electrons. The zero-order valence-electron chi connectivity index (χ0n) is 14.4. The molecule has 2 rings (SSSR count). The summed E-state index contributed by atoms with van der Waals surface area (Å²) >= 11 is 0. The van der Waals surface area contributed by atoms with Crippen LogP contribution in [0.4, 0.5) is 5.69 Å². The lowest BCUT2D eigenvalue weighted by Crippen LogP contribution is -2.46. The number of benzene rings is 1. The van der Waals surface area contributed by atoms with E-state index in [1.165, 1.54) is 16.8 Å². The van der Waals surface area contributed by atoms with Crippen molar-refractivity contribution in [2.75, 3.05) is 11.4 Å². The van der Waals surface area contributed by atoms with Crippen molar-refractivity contribution in [3.63, 3.8) is 0 Å². The lowest BCUT2D eigenvalue weighted by atomic mass is 9.78. The van der Waals surface area contributed by atoms with Crippen LogP contribution in [0.1, 0.15) is 46.6 Å². The standard InChI is InChI=1S/C20H29N/c1-7-21(18-12-10-16(2)11-13-18)20(6)14-8-9-17(15-20)19(3,4)5/h8-13,15H,7,14H2,1-6H3. The summed E-state index contributed by atoms with van der Waals surface area (Å²) in [6.45, 7) is 14.6. The fourth-order valence-corrected chi connectivity index (χ4v) is 3.08. The average Bonchev–Trinajstić information content (AvgIpc) is 2.40. The quantitative estimate of drug-likeness (QED) is 0.706. The van der Waals surface area contributed by atoms with E-state index in [-0.39, 0.29) is 11.0 Å². The van der Waals surface area contributed by atoms with Crippen molar-refractivity contribution < 1.29 is 0 Å². The van der Waals surface area contributed by atoms with Crippen LogP contribution < -0.4 is 4.90 Å². The smallest absolute Gasteiger partial charge is 0.0596 e. The summed E-state index contributed by atoms with van der Waals surface area (Å²) in [5.74, 6) is 0. The average molecular weight is 283 g/mol. The van der Waals surface area contributed by atoms with Crippen LogP contribution in [0.5, 0.6) is 0 Å². The van der Waals surface area contributed by atoms with Gasteiger partial charge in [0.25, 0.3) is 0 Å². The first kappa shape index (κ1) is 15.9. The summed E-state index contributed by atoms with van der Waals surface area (Å²) in [5.41, 5.74) is 4.31. The van der Waals surface area contributed by atoms with Gasteiger partial charge >= 0.3 is 0 Å². The van der Waals surface area contributed by atoms with Crippen molar-refractivity contribution in [1.82, 2.24) is 0 Å². The Morgan fingerprint density at radius 1 is 1.14 bits per heavy atom. The van der Waals surface area contributed by atoms with Gasteiger partial charge < -0.3 is 4.90 Å². The molecule has 0 aromatic heterocycles. The van der Waals surface area contributed by atoms with Crippen LogP contribution in [-0.4, -0.2) is 12.1 Å². The Balaban J connectivity index is 2.39. The summed E-state index contributed by atoms with van der Waals surface area (Å²) < 4.78 is 0. The fraction of sp³-hybridized carbons (Fsp3) is 0.500. The predicted octanol–water partition coefficient (Wildman–Crippen LogP) is 5.51. The maximum absolute atomic E-state index is 2.52. The van der Waals surface area contributed by atoms with Gasteiger partial charge in [-0.1, -0.05) is 56.7 Å². The molecule has 1 aliphatic carbocycles. The molecule has 1 aliphatic rings. The van der Waals surface area contributed by atoms with Gasteiger partial charge in [0.15, 0.2) is 0 Å². The molecule has 0 heterocycles. The Labute approximate surface area is 130 Å². The van der Waals surface area contributed by atoms with Crippen LogP contribution in [0.3, 0.4) is 0 Å². The third-order valence-corrected chi connectivity index (χ3v) is 4.44. The lowest BCUT2D eigenvalue weighted by Gasteiger charge is -2.43. The second-order valence-corrected chi connectivity index (χ2v) is 7.39. The van der Waals surface area contributed by atoms with Gasteiger partial charge in [-0.05, 0) is 50.3 Å². The number of hydrogen-bond donors (Lipinski definition) is 0. The minimum atomic E-state index is 0.0569. The molecule has 0 bridgehead atoms. The molecule has 1 atom stereocenters. The van der Waals surface area contributed by atoms with Crippen molar-refractivity contribution in [1.29, 1.82) is 0 Å². The summed E-state index contributed by atoms with van der Waals surface area (Å²) in [7, 11) is 0. The molecule has 1 aromatic carbocycles. The SMILES string of the molecule is CCN(c1ccc(C)cc1)C1(C)C=C(C(C)(C)C)C=CC1. The number of aryl methyl sites for hydroxylation is 1. The zero-order chi connectivity index (χ0) is 15.7. The lowest BCUT2D eigenvalue weighted by molar-refractivity contribution is 0.471. The predicted molar refractivity (Wildman–Crippen MR) is 93.9 cm³/mol. The number of rotatable bonds is 3.